The molecule has 2 heterocycles. The minimum Gasteiger partial charge on any atom is -0.305 e. The molecule has 0 unspecified atom stereocenters. The zero-order valence-electron chi connectivity index (χ0n) is 16.8. The van der Waals surface area contributed by atoms with E-state index < -0.39 is 0 Å². The van der Waals surface area contributed by atoms with E-state index in [1.54, 1.807) is 0 Å². The maximum absolute atomic E-state index is 9.52. The van der Waals surface area contributed by atoms with Crippen molar-refractivity contribution >= 4 is 16.5 Å². The fourth-order valence-electron chi connectivity index (χ4n) is 4.30. The summed E-state index contributed by atoms with van der Waals surface area (Å²) in [6, 6.07) is 26.9. The van der Waals surface area contributed by atoms with Crippen LogP contribution in [0.25, 0.3) is 16.5 Å². The van der Waals surface area contributed by atoms with Crippen molar-refractivity contribution in [3.8, 4) is 11.8 Å². The highest BCUT2D eigenvalue weighted by molar-refractivity contribution is 5.97. The third kappa shape index (κ3) is 3.32. The zero-order valence-corrected chi connectivity index (χ0v) is 16.8. The standard InChI is InChI=1S/C25H23N5/c26-18-20-12-13-25(24-11-5-4-10-23(20)24)29-17-7-6-16-28(29)19-22-14-15-27-30(22)21-8-2-1-3-9-21/h1-5,8-15H,6-7,16-17,19H2. The number of fused-ring (bicyclic) bond motifs is 1. The van der Waals surface area contributed by atoms with Crippen molar-refractivity contribution < 1.29 is 0 Å². The van der Waals surface area contributed by atoms with Crippen LogP contribution in [0.4, 0.5) is 5.69 Å². The van der Waals surface area contributed by atoms with Gasteiger partial charge in [-0.15, -0.1) is 0 Å². The average Bonchev–Trinajstić information content (AvgIpc) is 3.27. The number of benzene rings is 3. The lowest BCUT2D eigenvalue weighted by Gasteiger charge is -2.41. The Morgan fingerprint density at radius 1 is 0.833 bits per heavy atom. The van der Waals surface area contributed by atoms with Gasteiger partial charge in [-0.05, 0) is 43.2 Å². The van der Waals surface area contributed by atoms with Crippen LogP contribution in [0.3, 0.4) is 0 Å². The van der Waals surface area contributed by atoms with Gasteiger partial charge in [0.1, 0.15) is 0 Å². The number of aromatic nitrogens is 2. The molecule has 0 aliphatic carbocycles. The Morgan fingerprint density at radius 3 is 2.43 bits per heavy atom. The van der Waals surface area contributed by atoms with Gasteiger partial charge in [-0.25, -0.2) is 9.69 Å². The van der Waals surface area contributed by atoms with E-state index in [0.29, 0.717) is 0 Å². The van der Waals surface area contributed by atoms with Gasteiger partial charge < -0.3 is 5.01 Å². The molecule has 0 atom stereocenters. The van der Waals surface area contributed by atoms with E-state index >= 15 is 0 Å². The highest BCUT2D eigenvalue weighted by atomic mass is 15.6. The molecule has 1 saturated heterocycles. The molecule has 1 aromatic heterocycles. The molecular weight excluding hydrogens is 370 g/mol. The Balaban J connectivity index is 1.51. The average molecular weight is 393 g/mol. The Labute approximate surface area is 176 Å². The van der Waals surface area contributed by atoms with Crippen molar-refractivity contribution in [2.75, 3.05) is 18.1 Å². The predicted octanol–water partition coefficient (Wildman–Crippen LogP) is 4.91. The largest absolute Gasteiger partial charge is 0.305 e. The first-order chi connectivity index (χ1) is 14.8. The molecule has 5 heteroatoms. The van der Waals surface area contributed by atoms with Crippen molar-refractivity contribution in [3.05, 3.63) is 90.3 Å². The van der Waals surface area contributed by atoms with E-state index in [9.17, 15) is 5.26 Å². The number of hydrogen-bond acceptors (Lipinski definition) is 4. The lowest BCUT2D eigenvalue weighted by atomic mass is 10.0. The van der Waals surface area contributed by atoms with Gasteiger partial charge in [-0.3, -0.25) is 0 Å². The van der Waals surface area contributed by atoms with Gasteiger partial charge in [-0.1, -0.05) is 42.5 Å². The highest BCUT2D eigenvalue weighted by Crippen LogP contribution is 2.32. The van der Waals surface area contributed by atoms with E-state index in [2.05, 4.69) is 51.5 Å². The van der Waals surface area contributed by atoms with Gasteiger partial charge in [0.05, 0.1) is 35.2 Å². The minimum atomic E-state index is 0.722. The number of hydrogen-bond donors (Lipinski definition) is 0. The van der Waals surface area contributed by atoms with Crippen molar-refractivity contribution in [1.29, 1.82) is 5.26 Å². The second-order valence-corrected chi connectivity index (χ2v) is 7.58. The van der Waals surface area contributed by atoms with E-state index in [4.69, 9.17) is 0 Å². The molecule has 0 saturated carbocycles. The number of anilines is 1. The summed E-state index contributed by atoms with van der Waals surface area (Å²) in [5.41, 5.74) is 4.12. The Bertz CT molecular complexity index is 1210. The second-order valence-electron chi connectivity index (χ2n) is 7.58. The summed E-state index contributed by atoms with van der Waals surface area (Å²) in [5, 5.41) is 21.0. The molecule has 0 N–H and O–H groups in total. The quantitative estimate of drug-likeness (QED) is 0.494. The molecule has 0 radical (unpaired) electrons. The highest BCUT2D eigenvalue weighted by Gasteiger charge is 2.23. The number of nitrogens with zero attached hydrogens (tertiary/aromatic N) is 5. The molecule has 0 amide bonds. The molecule has 1 aliphatic rings. The fraction of sp³-hybridized carbons (Fsp3) is 0.200. The summed E-state index contributed by atoms with van der Waals surface area (Å²) in [7, 11) is 0. The van der Waals surface area contributed by atoms with E-state index in [-0.39, 0.29) is 0 Å². The van der Waals surface area contributed by atoms with Crippen LogP contribution in [0.2, 0.25) is 0 Å². The molecule has 5 nitrogen and oxygen atoms in total. The maximum atomic E-state index is 9.52. The van der Waals surface area contributed by atoms with Crippen LogP contribution in [0.5, 0.6) is 0 Å². The van der Waals surface area contributed by atoms with Crippen LogP contribution in [0.1, 0.15) is 24.1 Å². The summed E-state index contributed by atoms with van der Waals surface area (Å²) in [6.07, 6.45) is 4.20. The van der Waals surface area contributed by atoms with E-state index in [1.807, 2.05) is 53.3 Å². The van der Waals surface area contributed by atoms with Crippen LogP contribution in [-0.2, 0) is 6.54 Å². The lowest BCUT2D eigenvalue weighted by Crippen LogP contribution is -2.47. The zero-order chi connectivity index (χ0) is 20.3. The number of hydrazine groups is 1. The van der Waals surface area contributed by atoms with E-state index in [0.717, 1.165) is 59.5 Å². The normalized spacial score (nSPS) is 14.7. The first kappa shape index (κ1) is 18.4. The van der Waals surface area contributed by atoms with Crippen LogP contribution in [0, 0.1) is 11.3 Å². The first-order valence-electron chi connectivity index (χ1n) is 10.4. The van der Waals surface area contributed by atoms with Gasteiger partial charge >= 0.3 is 0 Å². The van der Waals surface area contributed by atoms with Crippen LogP contribution >= 0.6 is 0 Å². The third-order valence-corrected chi connectivity index (χ3v) is 5.74. The number of rotatable bonds is 4. The van der Waals surface area contributed by atoms with Crippen molar-refractivity contribution in [2.24, 2.45) is 0 Å². The fourth-order valence-corrected chi connectivity index (χ4v) is 4.30. The summed E-state index contributed by atoms with van der Waals surface area (Å²) in [5.74, 6) is 0. The molecule has 30 heavy (non-hydrogen) atoms. The molecule has 5 rings (SSSR count). The lowest BCUT2D eigenvalue weighted by molar-refractivity contribution is 0.201. The van der Waals surface area contributed by atoms with Crippen LogP contribution in [0.15, 0.2) is 79.0 Å². The van der Waals surface area contributed by atoms with Crippen LogP contribution < -0.4 is 5.01 Å². The molecular formula is C25H23N5. The Kier molecular flexibility index (Phi) is 4.92. The maximum Gasteiger partial charge on any atom is 0.0998 e. The van der Waals surface area contributed by atoms with Crippen LogP contribution in [-0.4, -0.2) is 27.9 Å². The van der Waals surface area contributed by atoms with Gasteiger partial charge in [0.2, 0.25) is 0 Å². The van der Waals surface area contributed by atoms with Gasteiger partial charge in [0.25, 0.3) is 0 Å². The molecule has 3 aromatic carbocycles. The van der Waals surface area contributed by atoms with Crippen molar-refractivity contribution in [1.82, 2.24) is 14.8 Å². The molecule has 0 spiro atoms. The smallest absolute Gasteiger partial charge is 0.0998 e. The molecule has 1 aliphatic heterocycles. The van der Waals surface area contributed by atoms with E-state index in [1.165, 1.54) is 6.42 Å². The number of para-hydroxylation sites is 1. The Hall–Kier alpha value is -3.62. The van der Waals surface area contributed by atoms with Crippen molar-refractivity contribution in [3.63, 3.8) is 0 Å². The van der Waals surface area contributed by atoms with Gasteiger partial charge in [-0.2, -0.15) is 10.4 Å². The van der Waals surface area contributed by atoms with Gasteiger partial charge in [0, 0.05) is 30.1 Å². The summed E-state index contributed by atoms with van der Waals surface area (Å²) < 4.78 is 2.02. The van der Waals surface area contributed by atoms with Crippen molar-refractivity contribution in [2.45, 2.75) is 19.4 Å². The first-order valence-corrected chi connectivity index (χ1v) is 10.4. The Morgan fingerprint density at radius 2 is 1.60 bits per heavy atom. The minimum absolute atomic E-state index is 0.722. The topological polar surface area (TPSA) is 48.1 Å². The van der Waals surface area contributed by atoms with Gasteiger partial charge in [0.15, 0.2) is 0 Å². The molecule has 1 fully saturated rings. The third-order valence-electron chi connectivity index (χ3n) is 5.74. The second kappa shape index (κ2) is 8.02. The predicted molar refractivity (Wildman–Crippen MR) is 119 cm³/mol. The number of nitriles is 1. The molecule has 0 bridgehead atoms. The summed E-state index contributed by atoms with van der Waals surface area (Å²) in [6.45, 7) is 2.74. The SMILES string of the molecule is N#Cc1ccc(N2CCCCN2Cc2ccnn2-c2ccccc2)c2ccccc12. The summed E-state index contributed by atoms with van der Waals surface area (Å²) in [4.78, 5) is 0. The summed E-state index contributed by atoms with van der Waals surface area (Å²) >= 11 is 0. The monoisotopic (exact) mass is 393 g/mol. The molecule has 4 aromatic rings. The molecule has 148 valence electrons.